The smallest absolute Gasteiger partial charge is 0.129 e. The molecule has 162 valence electrons. The Morgan fingerprint density at radius 2 is 2.10 bits per heavy atom. The van der Waals surface area contributed by atoms with Crippen LogP contribution in [0.1, 0.15) is 11.1 Å². The van der Waals surface area contributed by atoms with Crippen molar-refractivity contribution in [2.75, 3.05) is 37.7 Å². The Kier molecular flexibility index (Phi) is 4.35. The predicted octanol–water partition coefficient (Wildman–Crippen LogP) is 1.97. The van der Waals surface area contributed by atoms with Crippen LogP contribution in [-0.2, 0) is 18.3 Å². The Bertz CT molecular complexity index is 1130. The molecule has 1 aromatic carbocycles. The van der Waals surface area contributed by atoms with Gasteiger partial charge in [0.05, 0.1) is 24.4 Å². The molecule has 2 aromatic heterocycles. The molecular weight excluding hydrogens is 390 g/mol. The Balaban J connectivity index is 1.30. The van der Waals surface area contributed by atoms with Crippen LogP contribution >= 0.6 is 0 Å². The monoisotopic (exact) mass is 419 g/mol. The second-order valence-electron chi connectivity index (χ2n) is 9.56. The highest BCUT2D eigenvalue weighted by atomic mass is 16.5. The summed E-state index contributed by atoms with van der Waals surface area (Å²) in [5.41, 5.74) is 3.25. The summed E-state index contributed by atoms with van der Waals surface area (Å²) in [5.74, 6) is 1.50. The van der Waals surface area contributed by atoms with Gasteiger partial charge in [-0.3, -0.25) is 9.58 Å². The van der Waals surface area contributed by atoms with Crippen LogP contribution in [0.2, 0.25) is 0 Å². The van der Waals surface area contributed by atoms with Crippen molar-refractivity contribution in [3.63, 3.8) is 0 Å². The number of aliphatic hydroxyl groups excluding tert-OH is 1. The minimum atomic E-state index is -0.250. The van der Waals surface area contributed by atoms with Crippen molar-refractivity contribution < 1.29 is 9.84 Å². The quantitative estimate of drug-likeness (QED) is 0.698. The van der Waals surface area contributed by atoms with Crippen molar-refractivity contribution in [2.24, 2.45) is 18.9 Å². The van der Waals surface area contributed by atoms with E-state index < -0.39 is 0 Å². The number of pyridine rings is 1. The normalized spacial score (nSPS) is 30.3. The Morgan fingerprint density at radius 3 is 2.90 bits per heavy atom. The van der Waals surface area contributed by atoms with Gasteiger partial charge in [-0.1, -0.05) is 18.2 Å². The number of anilines is 1. The van der Waals surface area contributed by atoms with Crippen LogP contribution in [-0.4, -0.2) is 69.3 Å². The lowest BCUT2D eigenvalue weighted by atomic mass is 9.83. The number of benzene rings is 1. The maximum atomic E-state index is 10.2. The van der Waals surface area contributed by atoms with Crippen molar-refractivity contribution >= 4 is 16.7 Å². The minimum absolute atomic E-state index is 0.0915. The second-order valence-corrected chi connectivity index (χ2v) is 9.56. The number of ether oxygens (including phenoxy) is 1. The molecule has 0 unspecified atom stereocenters. The summed E-state index contributed by atoms with van der Waals surface area (Å²) in [5, 5.41) is 15.8. The molecule has 7 heteroatoms. The van der Waals surface area contributed by atoms with Gasteiger partial charge < -0.3 is 14.7 Å². The van der Waals surface area contributed by atoms with Gasteiger partial charge in [0.25, 0.3) is 0 Å². The number of morpholine rings is 1. The van der Waals surface area contributed by atoms with E-state index in [1.165, 1.54) is 16.5 Å². The maximum absolute atomic E-state index is 10.2. The second kappa shape index (κ2) is 7.02. The number of aliphatic hydroxyl groups is 1. The minimum Gasteiger partial charge on any atom is -0.396 e. The number of likely N-dealkylation sites (tertiary alicyclic amines) is 1. The van der Waals surface area contributed by atoms with Gasteiger partial charge >= 0.3 is 0 Å². The number of fused-ring (bicyclic) bond motifs is 2. The number of rotatable bonds is 4. The fourth-order valence-electron chi connectivity index (χ4n) is 6.13. The van der Waals surface area contributed by atoms with Gasteiger partial charge in [-0.15, -0.1) is 0 Å². The lowest BCUT2D eigenvalue weighted by molar-refractivity contribution is -0.112. The van der Waals surface area contributed by atoms with Crippen LogP contribution in [0.4, 0.5) is 5.82 Å². The number of hydrogen-bond acceptors (Lipinski definition) is 6. The fraction of sp³-hybridized carbons (Fsp3) is 0.500. The van der Waals surface area contributed by atoms with Crippen LogP contribution in [0.25, 0.3) is 10.9 Å². The van der Waals surface area contributed by atoms with Gasteiger partial charge in [0.2, 0.25) is 0 Å². The first-order valence-corrected chi connectivity index (χ1v) is 11.1. The van der Waals surface area contributed by atoms with Crippen LogP contribution in [0, 0.1) is 18.8 Å². The number of nitrogens with zero attached hydrogens (tertiary/aromatic N) is 5. The molecule has 3 aliphatic rings. The molecule has 31 heavy (non-hydrogen) atoms. The first kappa shape index (κ1) is 19.2. The first-order valence-electron chi connectivity index (χ1n) is 11.1. The van der Waals surface area contributed by atoms with Gasteiger partial charge in [-0.25, -0.2) is 4.98 Å². The molecule has 1 spiro atoms. The van der Waals surface area contributed by atoms with Crippen LogP contribution < -0.4 is 4.90 Å². The van der Waals surface area contributed by atoms with E-state index in [-0.39, 0.29) is 24.2 Å². The molecule has 3 saturated heterocycles. The van der Waals surface area contributed by atoms with Gasteiger partial charge in [0, 0.05) is 68.8 Å². The van der Waals surface area contributed by atoms with Crippen molar-refractivity contribution in [1.82, 2.24) is 19.7 Å². The van der Waals surface area contributed by atoms with Crippen molar-refractivity contribution in [1.29, 1.82) is 0 Å². The van der Waals surface area contributed by atoms with E-state index in [0.717, 1.165) is 44.1 Å². The van der Waals surface area contributed by atoms with Gasteiger partial charge in [0.1, 0.15) is 11.4 Å². The van der Waals surface area contributed by atoms with Crippen LogP contribution in [0.3, 0.4) is 0 Å². The highest BCUT2D eigenvalue weighted by Crippen LogP contribution is 2.50. The number of aromatic nitrogens is 3. The Morgan fingerprint density at radius 1 is 1.23 bits per heavy atom. The van der Waals surface area contributed by atoms with E-state index >= 15 is 0 Å². The van der Waals surface area contributed by atoms with E-state index in [0.29, 0.717) is 5.92 Å². The lowest BCUT2D eigenvalue weighted by Crippen LogP contribution is -2.53. The number of aryl methyl sites for hydroxylation is 2. The summed E-state index contributed by atoms with van der Waals surface area (Å²) in [6.07, 6.45) is 4.12. The molecule has 3 fully saturated rings. The molecule has 1 N–H and O–H groups in total. The Labute approximate surface area is 182 Å². The molecule has 3 aliphatic heterocycles. The van der Waals surface area contributed by atoms with E-state index in [9.17, 15) is 5.11 Å². The highest BCUT2D eigenvalue weighted by molar-refractivity contribution is 5.83. The van der Waals surface area contributed by atoms with Crippen molar-refractivity contribution in [3.8, 4) is 0 Å². The molecule has 0 aliphatic carbocycles. The van der Waals surface area contributed by atoms with E-state index in [1.807, 2.05) is 24.0 Å². The van der Waals surface area contributed by atoms with Crippen molar-refractivity contribution in [3.05, 3.63) is 53.9 Å². The summed E-state index contributed by atoms with van der Waals surface area (Å²) < 4.78 is 8.52. The largest absolute Gasteiger partial charge is 0.396 e. The summed E-state index contributed by atoms with van der Waals surface area (Å²) in [6, 6.07) is 10.5. The molecule has 7 nitrogen and oxygen atoms in total. The average Bonchev–Trinajstić information content (AvgIpc) is 3.37. The average molecular weight is 420 g/mol. The Hall–Kier alpha value is -2.48. The zero-order chi connectivity index (χ0) is 21.2. The van der Waals surface area contributed by atoms with E-state index in [4.69, 9.17) is 9.72 Å². The predicted molar refractivity (Wildman–Crippen MR) is 119 cm³/mol. The molecule has 0 radical (unpaired) electrons. The van der Waals surface area contributed by atoms with Gasteiger partial charge in [0.15, 0.2) is 0 Å². The van der Waals surface area contributed by atoms with Gasteiger partial charge in [-0.05, 0) is 24.6 Å². The standard InChI is InChI=1S/C24H29N5O2/c1-16-7-23(26-21-6-4-3-5-18(16)21)29-11-20-19(13-30)22-12-28(14-24(20,15-29)31-22)10-17-8-25-27(2)9-17/h3-9,19-20,22,30H,10-15H2,1-2H3/t19-,20+,22+,24+/m0/s1. The molecule has 5 heterocycles. The van der Waals surface area contributed by atoms with E-state index in [2.05, 4.69) is 52.3 Å². The zero-order valence-corrected chi connectivity index (χ0v) is 18.1. The molecular formula is C24H29N5O2. The SMILES string of the molecule is Cc1cc(N2C[C@@H]3[C@H](CO)[C@H]4CN(Cc5cnn(C)c5)C[C@]3(C2)O4)nc2ccccc12. The molecule has 0 saturated carbocycles. The van der Waals surface area contributed by atoms with Crippen molar-refractivity contribution in [2.45, 2.75) is 25.2 Å². The molecule has 0 amide bonds. The zero-order valence-electron chi connectivity index (χ0n) is 18.1. The summed E-state index contributed by atoms with van der Waals surface area (Å²) in [4.78, 5) is 9.83. The summed E-state index contributed by atoms with van der Waals surface area (Å²) in [6.45, 7) is 6.64. The molecule has 3 aromatic rings. The fourth-order valence-corrected chi connectivity index (χ4v) is 6.13. The third-order valence-electron chi connectivity index (χ3n) is 7.47. The van der Waals surface area contributed by atoms with E-state index in [1.54, 1.807) is 0 Å². The maximum Gasteiger partial charge on any atom is 0.129 e. The highest BCUT2D eigenvalue weighted by Gasteiger charge is 2.62. The third kappa shape index (κ3) is 3.06. The number of para-hydroxylation sites is 1. The van der Waals surface area contributed by atoms with Crippen LogP contribution in [0.5, 0.6) is 0 Å². The topological polar surface area (TPSA) is 66.7 Å². The summed E-state index contributed by atoms with van der Waals surface area (Å²) >= 11 is 0. The molecule has 6 rings (SSSR count). The third-order valence-corrected chi connectivity index (χ3v) is 7.47. The molecule has 2 bridgehead atoms. The first-order chi connectivity index (χ1) is 15.0. The van der Waals surface area contributed by atoms with Gasteiger partial charge in [-0.2, -0.15) is 5.10 Å². The number of hydrogen-bond donors (Lipinski definition) is 1. The molecule has 4 atom stereocenters. The lowest BCUT2D eigenvalue weighted by Gasteiger charge is -2.40. The summed E-state index contributed by atoms with van der Waals surface area (Å²) in [7, 11) is 1.95. The van der Waals surface area contributed by atoms with Crippen LogP contribution in [0.15, 0.2) is 42.7 Å².